The van der Waals surface area contributed by atoms with Crippen LogP contribution in [0.5, 0.6) is 0 Å². The van der Waals surface area contributed by atoms with Crippen LogP contribution in [0.2, 0.25) is 0 Å². The quantitative estimate of drug-likeness (QED) is 0.470. The van der Waals surface area contributed by atoms with E-state index in [0.29, 0.717) is 0 Å². The zero-order valence-corrected chi connectivity index (χ0v) is 7.75. The van der Waals surface area contributed by atoms with E-state index in [1.807, 2.05) is 0 Å². The Morgan fingerprint density at radius 3 is 2.50 bits per heavy atom. The van der Waals surface area contributed by atoms with Crippen molar-refractivity contribution in [3.8, 4) is 0 Å². The maximum atomic E-state index is 8.81. The number of hydrogen-bond donors (Lipinski definition) is 2. The van der Waals surface area contributed by atoms with E-state index in [2.05, 4.69) is 0 Å². The summed E-state index contributed by atoms with van der Waals surface area (Å²) in [4.78, 5) is 0. The molecule has 0 spiro atoms. The maximum Gasteiger partial charge on any atom is 0.0964 e. The molecule has 0 radical (unpaired) electrons. The van der Waals surface area contributed by atoms with E-state index in [4.69, 9.17) is 10.2 Å². The van der Waals surface area contributed by atoms with Crippen LogP contribution in [-0.2, 0) is 0 Å². The van der Waals surface area contributed by atoms with Crippen LogP contribution in [0.3, 0.4) is 0 Å². The van der Waals surface area contributed by atoms with Crippen LogP contribution in [-0.4, -0.2) is 39.5 Å². The van der Waals surface area contributed by atoms with Gasteiger partial charge in [0, 0.05) is 17.3 Å². The number of rotatable bonds is 6. The van der Waals surface area contributed by atoms with Crippen LogP contribution in [0, 0.1) is 0 Å². The van der Waals surface area contributed by atoms with Crippen molar-refractivity contribution in [2.75, 3.05) is 23.9 Å². The van der Waals surface area contributed by atoms with Crippen LogP contribution >= 0.6 is 23.5 Å². The largest absolute Gasteiger partial charge is 0.396 e. The first-order valence-electron chi connectivity index (χ1n) is 3.25. The standard InChI is InChI=1S/C6H14O2S2/c1-6(8)10-5-4-9-3-2-7/h6-8H,2-5H2,1H3. The molecule has 0 fully saturated rings. The van der Waals surface area contributed by atoms with Gasteiger partial charge in [-0.2, -0.15) is 11.8 Å². The highest BCUT2D eigenvalue weighted by Crippen LogP contribution is 2.09. The van der Waals surface area contributed by atoms with Crippen LogP contribution < -0.4 is 0 Å². The molecule has 0 amide bonds. The third-order valence-electron chi connectivity index (χ3n) is 0.822. The van der Waals surface area contributed by atoms with Crippen molar-refractivity contribution in [2.45, 2.75) is 12.4 Å². The molecule has 2 nitrogen and oxygen atoms in total. The van der Waals surface area contributed by atoms with Crippen molar-refractivity contribution >= 4 is 23.5 Å². The van der Waals surface area contributed by atoms with Crippen LogP contribution in [0.4, 0.5) is 0 Å². The van der Waals surface area contributed by atoms with Crippen molar-refractivity contribution < 1.29 is 10.2 Å². The minimum atomic E-state index is -0.255. The summed E-state index contributed by atoms with van der Waals surface area (Å²) in [5.41, 5.74) is -0.255. The minimum Gasteiger partial charge on any atom is -0.396 e. The Balaban J connectivity index is 2.77. The first-order valence-corrected chi connectivity index (χ1v) is 5.46. The molecule has 4 heteroatoms. The van der Waals surface area contributed by atoms with Gasteiger partial charge >= 0.3 is 0 Å². The molecular formula is C6H14O2S2. The second-order valence-corrected chi connectivity index (χ2v) is 4.45. The number of hydrogen-bond acceptors (Lipinski definition) is 4. The molecule has 0 saturated carbocycles. The average Bonchev–Trinajstić information content (AvgIpc) is 1.87. The third-order valence-corrected chi connectivity index (χ3v) is 2.97. The Kier molecular flexibility index (Phi) is 8.20. The molecule has 0 aromatic rings. The lowest BCUT2D eigenvalue weighted by molar-refractivity contribution is 0.284. The molecule has 0 bridgehead atoms. The summed E-state index contributed by atoms with van der Waals surface area (Å²) >= 11 is 3.25. The molecule has 0 aromatic carbocycles. The molecule has 62 valence electrons. The topological polar surface area (TPSA) is 40.5 Å². The lowest BCUT2D eigenvalue weighted by atomic mass is 10.9. The number of aliphatic hydroxyl groups excluding tert-OH is 2. The highest BCUT2D eigenvalue weighted by atomic mass is 32.2. The summed E-state index contributed by atoms with van der Waals surface area (Å²) in [6, 6.07) is 0. The smallest absolute Gasteiger partial charge is 0.0964 e. The van der Waals surface area contributed by atoms with Gasteiger partial charge in [-0.05, 0) is 6.92 Å². The SMILES string of the molecule is CC(O)SCCSCCO. The number of thioether (sulfide) groups is 2. The molecule has 0 aromatic heterocycles. The normalized spacial score (nSPS) is 13.5. The highest BCUT2D eigenvalue weighted by Gasteiger charge is 1.94. The van der Waals surface area contributed by atoms with Crippen molar-refractivity contribution in [3.05, 3.63) is 0 Å². The predicted molar refractivity (Wildman–Crippen MR) is 48.5 cm³/mol. The fourth-order valence-electron chi connectivity index (χ4n) is 0.444. The van der Waals surface area contributed by atoms with Crippen molar-refractivity contribution in [1.29, 1.82) is 0 Å². The van der Waals surface area contributed by atoms with Gasteiger partial charge in [-0.15, -0.1) is 11.8 Å². The summed E-state index contributed by atoms with van der Waals surface area (Å²) in [5, 5.41) is 17.2. The van der Waals surface area contributed by atoms with Crippen LogP contribution in [0.15, 0.2) is 0 Å². The van der Waals surface area contributed by atoms with Gasteiger partial charge in [0.1, 0.15) is 0 Å². The van der Waals surface area contributed by atoms with E-state index in [-0.39, 0.29) is 12.0 Å². The Hall–Kier alpha value is 0.620. The van der Waals surface area contributed by atoms with E-state index < -0.39 is 0 Å². The Labute approximate surface area is 70.4 Å². The summed E-state index contributed by atoms with van der Waals surface area (Å²) in [6.45, 7) is 2.02. The predicted octanol–water partition coefficient (Wildman–Crippen LogP) is 0.783. The van der Waals surface area contributed by atoms with Crippen molar-refractivity contribution in [2.24, 2.45) is 0 Å². The van der Waals surface area contributed by atoms with E-state index in [0.717, 1.165) is 17.3 Å². The first kappa shape index (κ1) is 10.6. The fraction of sp³-hybridized carbons (Fsp3) is 1.00. The minimum absolute atomic E-state index is 0.254. The van der Waals surface area contributed by atoms with Crippen molar-refractivity contribution in [3.63, 3.8) is 0 Å². The maximum absolute atomic E-state index is 8.81. The van der Waals surface area contributed by atoms with E-state index in [1.165, 1.54) is 11.8 Å². The van der Waals surface area contributed by atoms with E-state index >= 15 is 0 Å². The monoisotopic (exact) mass is 182 g/mol. The summed E-state index contributed by atoms with van der Waals surface area (Å²) < 4.78 is 0. The molecule has 0 rings (SSSR count). The Morgan fingerprint density at radius 1 is 1.30 bits per heavy atom. The molecule has 0 heterocycles. The molecule has 1 unspecified atom stereocenters. The van der Waals surface area contributed by atoms with E-state index in [1.54, 1.807) is 18.7 Å². The molecule has 0 saturated heterocycles. The third kappa shape index (κ3) is 8.62. The van der Waals surface area contributed by atoms with Crippen LogP contribution in [0.25, 0.3) is 0 Å². The zero-order chi connectivity index (χ0) is 7.82. The molecular weight excluding hydrogens is 168 g/mol. The van der Waals surface area contributed by atoms with Crippen LogP contribution in [0.1, 0.15) is 6.92 Å². The van der Waals surface area contributed by atoms with Gasteiger partial charge in [0.15, 0.2) is 0 Å². The zero-order valence-electron chi connectivity index (χ0n) is 6.12. The summed E-state index contributed by atoms with van der Waals surface area (Å²) in [5.74, 6) is 2.78. The average molecular weight is 182 g/mol. The summed E-state index contributed by atoms with van der Waals surface area (Å²) in [7, 11) is 0. The lowest BCUT2D eigenvalue weighted by Gasteiger charge is -2.02. The number of aliphatic hydroxyl groups is 2. The second kappa shape index (κ2) is 7.72. The Bertz CT molecular complexity index is 68.8. The molecule has 0 aliphatic carbocycles. The first-order chi connectivity index (χ1) is 4.77. The molecule has 10 heavy (non-hydrogen) atoms. The fourth-order valence-corrected chi connectivity index (χ4v) is 1.97. The van der Waals surface area contributed by atoms with Gasteiger partial charge in [-0.3, -0.25) is 0 Å². The van der Waals surface area contributed by atoms with Crippen molar-refractivity contribution in [1.82, 2.24) is 0 Å². The van der Waals surface area contributed by atoms with E-state index in [9.17, 15) is 0 Å². The van der Waals surface area contributed by atoms with Gasteiger partial charge in [0.2, 0.25) is 0 Å². The molecule has 2 N–H and O–H groups in total. The van der Waals surface area contributed by atoms with Gasteiger partial charge < -0.3 is 10.2 Å². The van der Waals surface area contributed by atoms with Gasteiger partial charge in [0.25, 0.3) is 0 Å². The lowest BCUT2D eigenvalue weighted by Crippen LogP contribution is -1.97. The Morgan fingerprint density at radius 2 is 2.00 bits per heavy atom. The molecule has 0 aliphatic rings. The second-order valence-electron chi connectivity index (χ2n) is 1.81. The summed E-state index contributed by atoms with van der Waals surface area (Å²) in [6.07, 6.45) is 0. The van der Waals surface area contributed by atoms with Gasteiger partial charge in [-0.1, -0.05) is 0 Å². The molecule has 0 aliphatic heterocycles. The molecule has 1 atom stereocenters. The van der Waals surface area contributed by atoms with Gasteiger partial charge in [0.05, 0.1) is 12.0 Å². The van der Waals surface area contributed by atoms with Gasteiger partial charge in [-0.25, -0.2) is 0 Å². The highest BCUT2D eigenvalue weighted by molar-refractivity contribution is 8.03.